The van der Waals surface area contributed by atoms with Crippen molar-refractivity contribution in [2.45, 2.75) is 0 Å². The highest BCUT2D eigenvalue weighted by atomic mass is 32.1. The summed E-state index contributed by atoms with van der Waals surface area (Å²) >= 11 is 1.59. The van der Waals surface area contributed by atoms with Crippen LogP contribution in [0.3, 0.4) is 0 Å². The summed E-state index contributed by atoms with van der Waals surface area (Å²) in [5.74, 6) is 0.896. The number of benzene rings is 1. The zero-order valence-electron chi connectivity index (χ0n) is 6.13. The van der Waals surface area contributed by atoms with Gasteiger partial charge < -0.3 is 4.74 Å². The Bertz CT molecular complexity index is 364. The normalized spacial score (nSPS) is 10.3. The summed E-state index contributed by atoms with van der Waals surface area (Å²) in [6, 6.07) is 6.00. The molecular formula is C9H7OS. The molecule has 11 heavy (non-hydrogen) atoms. The molecule has 2 heteroatoms. The van der Waals surface area contributed by atoms with Gasteiger partial charge in [-0.2, -0.15) is 0 Å². The van der Waals surface area contributed by atoms with Crippen LogP contribution in [0.25, 0.3) is 10.8 Å². The lowest BCUT2D eigenvalue weighted by Gasteiger charge is -1.97. The minimum Gasteiger partial charge on any atom is -0.497 e. The Morgan fingerprint density at radius 3 is 3.18 bits per heavy atom. The first-order valence-corrected chi connectivity index (χ1v) is 4.21. The largest absolute Gasteiger partial charge is 0.497 e. The molecule has 1 aromatic heterocycles. The molecule has 1 aromatic carbocycles. The van der Waals surface area contributed by atoms with Crippen molar-refractivity contribution in [3.05, 3.63) is 29.0 Å². The quantitative estimate of drug-likeness (QED) is 0.628. The number of ether oxygens (including phenoxy) is 1. The third-order valence-electron chi connectivity index (χ3n) is 1.62. The van der Waals surface area contributed by atoms with Gasteiger partial charge in [-0.1, -0.05) is 0 Å². The van der Waals surface area contributed by atoms with Gasteiger partial charge in [-0.25, -0.2) is 0 Å². The Hall–Kier alpha value is -1.02. The molecule has 0 aliphatic carbocycles. The molecule has 2 aromatic rings. The van der Waals surface area contributed by atoms with Crippen molar-refractivity contribution in [1.29, 1.82) is 0 Å². The molecule has 0 bridgehead atoms. The number of methoxy groups -OCH3 is 1. The molecule has 0 amide bonds. The second-order valence-corrected chi connectivity index (χ2v) is 2.97. The maximum Gasteiger partial charge on any atom is 0.119 e. The summed E-state index contributed by atoms with van der Waals surface area (Å²) in [5.41, 5.74) is 0. The molecule has 0 saturated carbocycles. The summed E-state index contributed by atoms with van der Waals surface area (Å²) in [7, 11) is 1.67. The minimum absolute atomic E-state index is 0.896. The second kappa shape index (κ2) is 2.55. The molecule has 55 valence electrons. The van der Waals surface area contributed by atoms with Crippen LogP contribution in [0.4, 0.5) is 0 Å². The average molecular weight is 163 g/mol. The van der Waals surface area contributed by atoms with Crippen LogP contribution in [0.15, 0.2) is 23.6 Å². The SMILES string of the molecule is COc1ccc2cs[c]c2c1. The molecule has 0 aliphatic rings. The predicted molar refractivity (Wildman–Crippen MR) is 47.2 cm³/mol. The summed E-state index contributed by atoms with van der Waals surface area (Å²) in [6.45, 7) is 0. The van der Waals surface area contributed by atoms with Crippen molar-refractivity contribution < 1.29 is 4.74 Å². The average Bonchev–Trinajstić information content (AvgIpc) is 2.50. The first-order valence-electron chi connectivity index (χ1n) is 3.33. The van der Waals surface area contributed by atoms with E-state index < -0.39 is 0 Å². The summed E-state index contributed by atoms with van der Waals surface area (Å²) < 4.78 is 5.08. The lowest BCUT2D eigenvalue weighted by atomic mass is 10.2. The molecule has 0 N–H and O–H groups in total. The van der Waals surface area contributed by atoms with Crippen LogP contribution in [0.2, 0.25) is 0 Å². The van der Waals surface area contributed by atoms with Crippen molar-refractivity contribution in [1.82, 2.24) is 0 Å². The zero-order chi connectivity index (χ0) is 7.68. The van der Waals surface area contributed by atoms with Crippen molar-refractivity contribution in [2.24, 2.45) is 0 Å². The van der Waals surface area contributed by atoms with Crippen molar-refractivity contribution in [3.63, 3.8) is 0 Å². The third kappa shape index (κ3) is 1.10. The van der Waals surface area contributed by atoms with Crippen LogP contribution in [0, 0.1) is 5.38 Å². The fraction of sp³-hybridized carbons (Fsp3) is 0.111. The van der Waals surface area contributed by atoms with Gasteiger partial charge >= 0.3 is 0 Å². The van der Waals surface area contributed by atoms with Crippen molar-refractivity contribution in [3.8, 4) is 5.75 Å². The number of rotatable bonds is 1. The fourth-order valence-corrected chi connectivity index (χ4v) is 1.71. The highest BCUT2D eigenvalue weighted by molar-refractivity contribution is 7.08. The molecule has 0 spiro atoms. The Kier molecular flexibility index (Phi) is 1.55. The monoisotopic (exact) mass is 163 g/mol. The highest BCUT2D eigenvalue weighted by Crippen LogP contribution is 2.22. The Balaban J connectivity index is 2.67. The van der Waals surface area contributed by atoms with E-state index in [4.69, 9.17) is 4.74 Å². The molecule has 2 rings (SSSR count). The zero-order valence-corrected chi connectivity index (χ0v) is 6.94. The molecule has 0 unspecified atom stereocenters. The number of thiophene rings is 1. The van der Waals surface area contributed by atoms with Crippen LogP contribution in [-0.2, 0) is 0 Å². The van der Waals surface area contributed by atoms with E-state index >= 15 is 0 Å². The van der Waals surface area contributed by atoms with Gasteiger partial charge in [0.15, 0.2) is 0 Å². The van der Waals surface area contributed by atoms with E-state index in [-0.39, 0.29) is 0 Å². The standard InChI is InChI=1S/C9H7OS/c1-10-9-3-2-7-5-11-6-8(7)4-9/h2-5H,1H3. The van der Waals surface area contributed by atoms with Crippen LogP contribution in [-0.4, -0.2) is 7.11 Å². The smallest absolute Gasteiger partial charge is 0.119 e. The Morgan fingerprint density at radius 1 is 1.45 bits per heavy atom. The minimum atomic E-state index is 0.896. The molecular weight excluding hydrogens is 156 g/mol. The summed E-state index contributed by atoms with van der Waals surface area (Å²) in [5, 5.41) is 7.60. The molecule has 0 saturated heterocycles. The fourth-order valence-electron chi connectivity index (χ4n) is 1.01. The maximum absolute atomic E-state index is 5.08. The van der Waals surface area contributed by atoms with Crippen molar-refractivity contribution in [2.75, 3.05) is 7.11 Å². The van der Waals surface area contributed by atoms with E-state index in [2.05, 4.69) is 10.8 Å². The van der Waals surface area contributed by atoms with Gasteiger partial charge in [-0.3, -0.25) is 0 Å². The number of fused-ring (bicyclic) bond motifs is 1. The first-order chi connectivity index (χ1) is 5.40. The molecule has 1 nitrogen and oxygen atoms in total. The lowest BCUT2D eigenvalue weighted by Crippen LogP contribution is -1.79. The second-order valence-electron chi connectivity index (χ2n) is 2.29. The molecule has 1 heterocycles. The van der Waals surface area contributed by atoms with Crippen molar-refractivity contribution >= 4 is 22.1 Å². The van der Waals surface area contributed by atoms with Crippen LogP contribution < -0.4 is 4.74 Å². The Labute approximate surface area is 69.2 Å². The number of hydrogen-bond acceptors (Lipinski definition) is 2. The van der Waals surface area contributed by atoms with Gasteiger partial charge in [0.2, 0.25) is 0 Å². The van der Waals surface area contributed by atoms with E-state index in [0.29, 0.717) is 0 Å². The predicted octanol–water partition coefficient (Wildman–Crippen LogP) is 2.71. The first kappa shape index (κ1) is 6.68. The van der Waals surface area contributed by atoms with E-state index in [1.165, 1.54) is 5.39 Å². The van der Waals surface area contributed by atoms with Gasteiger partial charge in [-0.15, -0.1) is 11.3 Å². The van der Waals surface area contributed by atoms with Gasteiger partial charge in [-0.05, 0) is 29.0 Å². The topological polar surface area (TPSA) is 9.23 Å². The third-order valence-corrected chi connectivity index (χ3v) is 2.32. The molecule has 0 fully saturated rings. The van der Waals surface area contributed by atoms with E-state index in [0.717, 1.165) is 11.1 Å². The van der Waals surface area contributed by atoms with E-state index in [9.17, 15) is 0 Å². The number of hydrogen-bond donors (Lipinski definition) is 0. The summed E-state index contributed by atoms with van der Waals surface area (Å²) in [4.78, 5) is 0. The van der Waals surface area contributed by atoms with Gasteiger partial charge in [0, 0.05) is 5.39 Å². The molecule has 1 radical (unpaired) electrons. The van der Waals surface area contributed by atoms with E-state index in [1.54, 1.807) is 18.4 Å². The molecule has 0 aliphatic heterocycles. The van der Waals surface area contributed by atoms with Gasteiger partial charge in [0.1, 0.15) is 5.75 Å². The van der Waals surface area contributed by atoms with Gasteiger partial charge in [0.05, 0.1) is 12.5 Å². The highest BCUT2D eigenvalue weighted by Gasteiger charge is 1.95. The van der Waals surface area contributed by atoms with E-state index in [1.807, 2.05) is 18.2 Å². The Morgan fingerprint density at radius 2 is 2.36 bits per heavy atom. The van der Waals surface area contributed by atoms with Crippen LogP contribution in [0.5, 0.6) is 5.75 Å². The van der Waals surface area contributed by atoms with Gasteiger partial charge in [0.25, 0.3) is 0 Å². The summed E-state index contributed by atoms with van der Waals surface area (Å²) in [6.07, 6.45) is 0. The van der Waals surface area contributed by atoms with Crippen LogP contribution >= 0.6 is 11.3 Å². The molecule has 0 atom stereocenters. The lowest BCUT2D eigenvalue weighted by molar-refractivity contribution is 0.415. The maximum atomic E-state index is 5.08. The van der Waals surface area contributed by atoms with Crippen LogP contribution in [0.1, 0.15) is 0 Å².